The van der Waals surface area contributed by atoms with Gasteiger partial charge in [-0.05, 0) is 69.9 Å². The number of anilines is 1. The smallest absolute Gasteiger partial charge is 0.252 e. The summed E-state index contributed by atoms with van der Waals surface area (Å²) in [6.07, 6.45) is 2.41. The second-order valence-electron chi connectivity index (χ2n) is 8.65. The maximum atomic E-state index is 12.5. The van der Waals surface area contributed by atoms with E-state index < -0.39 is 11.5 Å². The molecular formula is C24H28N4O3. The largest absolute Gasteiger partial charge is 0.507 e. The number of nitrogens with zero attached hydrogens (tertiary/aromatic N) is 3. The van der Waals surface area contributed by atoms with E-state index in [1.54, 1.807) is 18.2 Å². The van der Waals surface area contributed by atoms with Crippen molar-refractivity contribution in [2.75, 3.05) is 11.4 Å². The van der Waals surface area contributed by atoms with Crippen molar-refractivity contribution in [2.24, 2.45) is 0 Å². The number of amides is 1. The van der Waals surface area contributed by atoms with E-state index in [4.69, 9.17) is 9.97 Å². The number of aromatic nitrogens is 2. The Morgan fingerprint density at radius 3 is 2.68 bits per heavy atom. The molecule has 0 aliphatic carbocycles. The standard InChI is InChI=1S/C24H28N4O3/c1-15-11-12-16-18(14-15)25-21(17-8-4-5-9-19(17)29)27-22(16)28-13-7-6-10-20(28)26-23(30)24(2,3)31/h4-5,8-9,11-12,14,20,29,31H,6-7,10,13H2,1-3H3,(H,26,30). The Bertz CT molecular complexity index is 1120. The first-order valence-electron chi connectivity index (χ1n) is 10.6. The number of para-hydroxylation sites is 1. The van der Waals surface area contributed by atoms with E-state index in [0.717, 1.165) is 42.3 Å². The third kappa shape index (κ3) is 4.32. The van der Waals surface area contributed by atoms with Crippen LogP contribution in [0.25, 0.3) is 22.3 Å². The highest BCUT2D eigenvalue weighted by atomic mass is 16.3. The molecule has 1 aliphatic heterocycles. The number of aryl methyl sites for hydroxylation is 1. The molecule has 3 aromatic rings. The van der Waals surface area contributed by atoms with Crippen LogP contribution in [0.1, 0.15) is 38.7 Å². The van der Waals surface area contributed by atoms with Gasteiger partial charge in [-0.1, -0.05) is 18.2 Å². The lowest BCUT2D eigenvalue weighted by Crippen LogP contribution is -2.55. The normalized spacial score (nSPS) is 17.0. The summed E-state index contributed by atoms with van der Waals surface area (Å²) in [5.41, 5.74) is 0.947. The molecule has 31 heavy (non-hydrogen) atoms. The van der Waals surface area contributed by atoms with E-state index >= 15 is 0 Å². The maximum absolute atomic E-state index is 12.5. The number of phenolic OH excluding ortho intramolecular Hbond substituents is 1. The topological polar surface area (TPSA) is 98.6 Å². The van der Waals surface area contributed by atoms with E-state index in [0.29, 0.717) is 17.2 Å². The minimum atomic E-state index is -1.46. The summed E-state index contributed by atoms with van der Waals surface area (Å²) in [5.74, 6) is 0.846. The molecule has 3 N–H and O–H groups in total. The van der Waals surface area contributed by atoms with Crippen molar-refractivity contribution in [3.8, 4) is 17.1 Å². The average molecular weight is 421 g/mol. The van der Waals surface area contributed by atoms with Crippen LogP contribution in [0.4, 0.5) is 5.82 Å². The molecule has 1 atom stereocenters. The summed E-state index contributed by atoms with van der Waals surface area (Å²) >= 11 is 0. The molecule has 1 unspecified atom stereocenters. The molecule has 7 heteroatoms. The Morgan fingerprint density at radius 1 is 1.16 bits per heavy atom. The maximum Gasteiger partial charge on any atom is 0.252 e. The van der Waals surface area contributed by atoms with Crippen molar-refractivity contribution in [2.45, 2.75) is 51.8 Å². The predicted octanol–water partition coefficient (Wildman–Crippen LogP) is 3.51. The number of aliphatic hydroxyl groups is 1. The van der Waals surface area contributed by atoms with Gasteiger partial charge in [0, 0.05) is 11.9 Å². The van der Waals surface area contributed by atoms with E-state index in [1.165, 1.54) is 13.8 Å². The number of carbonyl (C=O) groups excluding carboxylic acids is 1. The fourth-order valence-electron chi connectivity index (χ4n) is 3.89. The van der Waals surface area contributed by atoms with Crippen molar-refractivity contribution >= 4 is 22.6 Å². The molecule has 0 radical (unpaired) electrons. The third-order valence-corrected chi connectivity index (χ3v) is 5.61. The number of piperidine rings is 1. The van der Waals surface area contributed by atoms with Gasteiger partial charge in [0.05, 0.1) is 11.1 Å². The Hall–Kier alpha value is -3.19. The number of phenols is 1. The Labute approximate surface area is 181 Å². The van der Waals surface area contributed by atoms with Crippen molar-refractivity contribution in [3.05, 3.63) is 48.0 Å². The highest BCUT2D eigenvalue weighted by molar-refractivity contribution is 5.92. The number of nitrogens with one attached hydrogen (secondary N) is 1. The summed E-state index contributed by atoms with van der Waals surface area (Å²) in [5, 5.41) is 24.4. The summed E-state index contributed by atoms with van der Waals surface area (Å²) in [6.45, 7) is 5.69. The van der Waals surface area contributed by atoms with Crippen LogP contribution in [-0.2, 0) is 4.79 Å². The van der Waals surface area contributed by atoms with E-state index in [1.807, 2.05) is 31.2 Å². The first kappa shape index (κ1) is 21.1. The van der Waals surface area contributed by atoms with Crippen LogP contribution < -0.4 is 10.2 Å². The van der Waals surface area contributed by atoms with E-state index in [9.17, 15) is 15.0 Å². The van der Waals surface area contributed by atoms with Crippen molar-refractivity contribution in [1.82, 2.24) is 15.3 Å². The highest BCUT2D eigenvalue weighted by Gasteiger charge is 2.32. The molecule has 1 fully saturated rings. The van der Waals surface area contributed by atoms with Gasteiger partial charge in [-0.3, -0.25) is 4.79 Å². The molecule has 0 bridgehead atoms. The van der Waals surface area contributed by atoms with Crippen molar-refractivity contribution in [3.63, 3.8) is 0 Å². The van der Waals surface area contributed by atoms with Crippen LogP contribution in [0.15, 0.2) is 42.5 Å². The Balaban J connectivity index is 1.84. The monoisotopic (exact) mass is 420 g/mol. The first-order chi connectivity index (χ1) is 14.7. The zero-order chi connectivity index (χ0) is 22.2. The van der Waals surface area contributed by atoms with Crippen LogP contribution >= 0.6 is 0 Å². The summed E-state index contributed by atoms with van der Waals surface area (Å²) in [4.78, 5) is 24.1. The minimum Gasteiger partial charge on any atom is -0.507 e. The molecular weight excluding hydrogens is 392 g/mol. The van der Waals surface area contributed by atoms with Gasteiger partial charge in [0.2, 0.25) is 0 Å². The van der Waals surface area contributed by atoms with Gasteiger partial charge < -0.3 is 20.4 Å². The van der Waals surface area contributed by atoms with Crippen molar-refractivity contribution < 1.29 is 15.0 Å². The number of fused-ring (bicyclic) bond motifs is 1. The summed E-state index contributed by atoms with van der Waals surface area (Å²) in [6, 6.07) is 13.0. The zero-order valence-electron chi connectivity index (χ0n) is 18.1. The molecule has 4 rings (SSSR count). The summed E-state index contributed by atoms with van der Waals surface area (Å²) < 4.78 is 0. The molecule has 2 heterocycles. The van der Waals surface area contributed by atoms with Gasteiger partial charge in [-0.25, -0.2) is 9.97 Å². The molecule has 0 spiro atoms. The van der Waals surface area contributed by atoms with Gasteiger partial charge in [0.15, 0.2) is 5.82 Å². The second-order valence-corrected chi connectivity index (χ2v) is 8.65. The van der Waals surface area contributed by atoms with Crippen LogP contribution in [0.2, 0.25) is 0 Å². The van der Waals surface area contributed by atoms with Crippen LogP contribution in [0.3, 0.4) is 0 Å². The Morgan fingerprint density at radius 2 is 1.94 bits per heavy atom. The zero-order valence-corrected chi connectivity index (χ0v) is 18.1. The molecule has 1 aliphatic rings. The average Bonchev–Trinajstić information content (AvgIpc) is 2.73. The number of benzene rings is 2. The first-order valence-corrected chi connectivity index (χ1v) is 10.6. The van der Waals surface area contributed by atoms with Gasteiger partial charge in [0.25, 0.3) is 5.91 Å². The predicted molar refractivity (Wildman–Crippen MR) is 121 cm³/mol. The summed E-state index contributed by atoms with van der Waals surface area (Å²) in [7, 11) is 0. The number of aromatic hydroxyl groups is 1. The highest BCUT2D eigenvalue weighted by Crippen LogP contribution is 2.34. The molecule has 7 nitrogen and oxygen atoms in total. The number of rotatable bonds is 4. The van der Waals surface area contributed by atoms with Gasteiger partial charge in [0.1, 0.15) is 23.3 Å². The number of hydrogen-bond acceptors (Lipinski definition) is 6. The fourth-order valence-corrected chi connectivity index (χ4v) is 3.89. The molecule has 1 aromatic heterocycles. The number of carbonyl (C=O) groups is 1. The lowest BCUT2D eigenvalue weighted by molar-refractivity contribution is -0.137. The van der Waals surface area contributed by atoms with E-state index in [-0.39, 0.29) is 11.9 Å². The molecule has 1 amide bonds. The SMILES string of the molecule is Cc1ccc2c(N3CCCCC3NC(=O)C(C)(C)O)nc(-c3ccccc3O)nc2c1. The Kier molecular flexibility index (Phi) is 5.54. The van der Waals surface area contributed by atoms with Crippen LogP contribution in [0, 0.1) is 6.92 Å². The molecule has 0 saturated carbocycles. The second kappa shape index (κ2) is 8.15. The van der Waals surface area contributed by atoms with Crippen molar-refractivity contribution in [1.29, 1.82) is 0 Å². The molecule has 1 saturated heterocycles. The van der Waals surface area contributed by atoms with Gasteiger partial charge in [-0.2, -0.15) is 0 Å². The molecule has 2 aromatic carbocycles. The van der Waals surface area contributed by atoms with E-state index in [2.05, 4.69) is 10.2 Å². The lowest BCUT2D eigenvalue weighted by Gasteiger charge is -2.38. The quantitative estimate of drug-likeness (QED) is 0.597. The minimum absolute atomic E-state index is 0.117. The molecule has 162 valence electrons. The van der Waals surface area contributed by atoms with Crippen LogP contribution in [-0.4, -0.2) is 44.4 Å². The third-order valence-electron chi connectivity index (χ3n) is 5.61. The van der Waals surface area contributed by atoms with Gasteiger partial charge >= 0.3 is 0 Å². The van der Waals surface area contributed by atoms with Crippen LogP contribution in [0.5, 0.6) is 5.75 Å². The lowest BCUT2D eigenvalue weighted by atomic mass is 10.0. The number of hydrogen-bond donors (Lipinski definition) is 3. The fraction of sp³-hybridized carbons (Fsp3) is 0.375. The van der Waals surface area contributed by atoms with Gasteiger partial charge in [-0.15, -0.1) is 0 Å².